The Morgan fingerprint density at radius 3 is 2.82 bits per heavy atom. The summed E-state index contributed by atoms with van der Waals surface area (Å²) >= 11 is 3.30. The molecule has 0 amide bonds. The monoisotopic (exact) mass is 303 g/mol. The molecule has 94 valence electrons. The normalized spacial score (nSPS) is 12.8. The Labute approximate surface area is 108 Å². The number of aliphatic carboxylic acids is 1. The van der Waals surface area contributed by atoms with Gasteiger partial charge in [-0.1, -0.05) is 15.9 Å². The van der Waals surface area contributed by atoms with Gasteiger partial charge in [-0.3, -0.25) is 9.69 Å². The van der Waals surface area contributed by atoms with E-state index in [1.54, 1.807) is 19.2 Å². The number of hydrogen-bond acceptors (Lipinski definition) is 2. The largest absolute Gasteiger partial charge is 0.481 e. The number of rotatable bonds is 5. The molecule has 0 aliphatic rings. The Bertz CT molecular complexity index is 411. The third-order valence-electron chi connectivity index (χ3n) is 2.75. The summed E-state index contributed by atoms with van der Waals surface area (Å²) in [5.74, 6) is -1.12. The minimum Gasteiger partial charge on any atom is -0.481 e. The Morgan fingerprint density at radius 1 is 1.59 bits per heavy atom. The zero-order valence-electron chi connectivity index (χ0n) is 9.78. The minimum atomic E-state index is -0.848. The summed E-state index contributed by atoms with van der Waals surface area (Å²) < 4.78 is 14.4. The zero-order valence-corrected chi connectivity index (χ0v) is 11.4. The summed E-state index contributed by atoms with van der Waals surface area (Å²) in [7, 11) is 1.79. The maximum atomic E-state index is 13.6. The molecule has 1 N–H and O–H groups in total. The predicted octanol–water partition coefficient (Wildman–Crippen LogP) is 3.06. The molecule has 0 heterocycles. The van der Waals surface area contributed by atoms with Crippen LogP contribution < -0.4 is 0 Å². The van der Waals surface area contributed by atoms with Crippen LogP contribution in [0.25, 0.3) is 0 Å². The number of carbonyl (C=O) groups is 1. The molecule has 0 bridgehead atoms. The Balaban J connectivity index is 2.77. The maximum Gasteiger partial charge on any atom is 0.304 e. The fraction of sp³-hybridized carbons (Fsp3) is 0.417. The molecule has 1 aromatic rings. The van der Waals surface area contributed by atoms with Crippen LogP contribution in [0.4, 0.5) is 4.39 Å². The lowest BCUT2D eigenvalue weighted by Crippen LogP contribution is -2.25. The second kappa shape index (κ2) is 6.12. The van der Waals surface area contributed by atoms with Gasteiger partial charge in [-0.2, -0.15) is 0 Å². The van der Waals surface area contributed by atoms with Crippen molar-refractivity contribution in [3.63, 3.8) is 0 Å². The third kappa shape index (κ3) is 4.09. The van der Waals surface area contributed by atoms with Crippen LogP contribution in [0, 0.1) is 5.82 Å². The van der Waals surface area contributed by atoms with E-state index < -0.39 is 5.97 Å². The summed E-state index contributed by atoms with van der Waals surface area (Å²) in [5, 5.41) is 8.61. The van der Waals surface area contributed by atoms with Crippen LogP contribution in [0.5, 0.6) is 0 Å². The molecule has 0 aliphatic carbocycles. The molecule has 0 aliphatic heterocycles. The van der Waals surface area contributed by atoms with Crippen LogP contribution in [0.15, 0.2) is 22.7 Å². The van der Waals surface area contributed by atoms with E-state index in [-0.39, 0.29) is 18.3 Å². The highest BCUT2D eigenvalue weighted by molar-refractivity contribution is 9.10. The molecular formula is C12H15BrFNO2. The highest BCUT2D eigenvalue weighted by atomic mass is 79.9. The fourth-order valence-electron chi connectivity index (χ4n) is 1.54. The number of benzene rings is 1. The average molecular weight is 304 g/mol. The molecule has 17 heavy (non-hydrogen) atoms. The van der Waals surface area contributed by atoms with Gasteiger partial charge in [0, 0.05) is 22.6 Å². The van der Waals surface area contributed by atoms with Crippen LogP contribution in [-0.4, -0.2) is 29.6 Å². The molecule has 0 saturated carbocycles. The van der Waals surface area contributed by atoms with E-state index in [2.05, 4.69) is 15.9 Å². The van der Waals surface area contributed by atoms with Crippen molar-refractivity contribution in [2.24, 2.45) is 0 Å². The van der Waals surface area contributed by atoms with Crippen molar-refractivity contribution < 1.29 is 14.3 Å². The van der Waals surface area contributed by atoms with Gasteiger partial charge < -0.3 is 5.11 Å². The van der Waals surface area contributed by atoms with Gasteiger partial charge in [-0.25, -0.2) is 4.39 Å². The molecule has 0 radical (unpaired) electrons. The van der Waals surface area contributed by atoms with E-state index in [9.17, 15) is 9.18 Å². The van der Waals surface area contributed by atoms with Crippen LogP contribution in [0.3, 0.4) is 0 Å². The molecule has 0 fully saturated rings. The molecule has 0 aromatic heterocycles. The molecule has 1 atom stereocenters. The zero-order chi connectivity index (χ0) is 13.0. The minimum absolute atomic E-state index is 0.0520. The highest BCUT2D eigenvalue weighted by Crippen LogP contribution is 2.25. The van der Waals surface area contributed by atoms with Gasteiger partial charge in [0.2, 0.25) is 0 Å². The fourth-order valence-corrected chi connectivity index (χ4v) is 1.92. The number of halogens is 2. The van der Waals surface area contributed by atoms with Crippen molar-refractivity contribution in [2.75, 3.05) is 13.6 Å². The summed E-state index contributed by atoms with van der Waals surface area (Å²) in [5.41, 5.74) is 0.562. The van der Waals surface area contributed by atoms with E-state index in [1.807, 2.05) is 11.8 Å². The Kier molecular flexibility index (Phi) is 5.08. The number of hydrogen-bond donors (Lipinski definition) is 1. The number of carboxylic acids is 1. The van der Waals surface area contributed by atoms with E-state index in [0.717, 1.165) is 4.47 Å². The average Bonchev–Trinajstić information content (AvgIpc) is 2.28. The van der Waals surface area contributed by atoms with Gasteiger partial charge >= 0.3 is 5.97 Å². The highest BCUT2D eigenvalue weighted by Gasteiger charge is 2.16. The van der Waals surface area contributed by atoms with E-state index in [4.69, 9.17) is 5.11 Å². The first-order valence-electron chi connectivity index (χ1n) is 5.28. The number of carboxylic acid groups (broad SMARTS) is 1. The van der Waals surface area contributed by atoms with Crippen molar-refractivity contribution >= 4 is 21.9 Å². The molecule has 1 aromatic carbocycles. The van der Waals surface area contributed by atoms with Gasteiger partial charge in [0.15, 0.2) is 0 Å². The van der Waals surface area contributed by atoms with Gasteiger partial charge in [0.05, 0.1) is 6.42 Å². The van der Waals surface area contributed by atoms with Crippen molar-refractivity contribution in [2.45, 2.75) is 19.4 Å². The molecular weight excluding hydrogens is 289 g/mol. The molecule has 0 saturated heterocycles. The van der Waals surface area contributed by atoms with Crippen LogP contribution in [-0.2, 0) is 4.79 Å². The SMILES string of the molecule is CC(c1cc(Br)ccc1F)N(C)CCC(=O)O. The van der Waals surface area contributed by atoms with Crippen molar-refractivity contribution in [1.82, 2.24) is 4.90 Å². The number of nitrogens with zero attached hydrogens (tertiary/aromatic N) is 1. The predicted molar refractivity (Wildman–Crippen MR) is 67.4 cm³/mol. The first-order valence-corrected chi connectivity index (χ1v) is 6.08. The molecule has 0 spiro atoms. The quantitative estimate of drug-likeness (QED) is 0.909. The van der Waals surface area contributed by atoms with E-state index >= 15 is 0 Å². The first-order chi connectivity index (χ1) is 7.91. The van der Waals surface area contributed by atoms with Gasteiger partial charge in [0.25, 0.3) is 0 Å². The maximum absolute atomic E-state index is 13.6. The summed E-state index contributed by atoms with van der Waals surface area (Å²) in [6, 6.07) is 4.60. The Hall–Kier alpha value is -0.940. The van der Waals surface area contributed by atoms with E-state index in [1.165, 1.54) is 6.07 Å². The second-order valence-corrected chi connectivity index (χ2v) is 4.88. The van der Waals surface area contributed by atoms with Gasteiger partial charge in [0.1, 0.15) is 5.82 Å². The molecule has 3 nitrogen and oxygen atoms in total. The molecule has 5 heteroatoms. The van der Waals surface area contributed by atoms with Crippen LogP contribution in [0.1, 0.15) is 24.9 Å². The van der Waals surface area contributed by atoms with Crippen LogP contribution >= 0.6 is 15.9 Å². The van der Waals surface area contributed by atoms with Gasteiger partial charge in [-0.05, 0) is 32.2 Å². The van der Waals surface area contributed by atoms with Crippen molar-refractivity contribution in [3.05, 3.63) is 34.1 Å². The summed E-state index contributed by atoms with van der Waals surface area (Å²) in [4.78, 5) is 12.3. The molecule has 1 unspecified atom stereocenters. The van der Waals surface area contributed by atoms with Crippen molar-refractivity contribution in [1.29, 1.82) is 0 Å². The summed E-state index contributed by atoms with van der Waals surface area (Å²) in [6.45, 7) is 2.25. The van der Waals surface area contributed by atoms with Crippen molar-refractivity contribution in [3.8, 4) is 0 Å². The third-order valence-corrected chi connectivity index (χ3v) is 3.24. The standard InChI is InChI=1S/C12H15BrFNO2/c1-8(15(2)6-5-12(16)17)10-7-9(13)3-4-11(10)14/h3-4,7-8H,5-6H2,1-2H3,(H,16,17). The lowest BCUT2D eigenvalue weighted by molar-refractivity contribution is -0.137. The first kappa shape index (κ1) is 14.1. The lowest BCUT2D eigenvalue weighted by Gasteiger charge is -2.24. The second-order valence-electron chi connectivity index (χ2n) is 3.97. The van der Waals surface area contributed by atoms with E-state index in [0.29, 0.717) is 12.1 Å². The topological polar surface area (TPSA) is 40.5 Å². The smallest absolute Gasteiger partial charge is 0.304 e. The van der Waals surface area contributed by atoms with Gasteiger partial charge in [-0.15, -0.1) is 0 Å². The summed E-state index contributed by atoms with van der Waals surface area (Å²) in [6.07, 6.45) is 0.0520. The molecule has 1 rings (SSSR count). The van der Waals surface area contributed by atoms with Crippen LogP contribution in [0.2, 0.25) is 0 Å². The Morgan fingerprint density at radius 2 is 2.24 bits per heavy atom. The lowest BCUT2D eigenvalue weighted by atomic mass is 10.1.